The second-order valence-electron chi connectivity index (χ2n) is 3.23. The summed E-state index contributed by atoms with van der Waals surface area (Å²) in [4.78, 5) is 12.1. The largest absolute Gasteiger partial charge is 0.369 e. The number of hydrogen-bond acceptors (Lipinski definition) is 2. The maximum Gasteiger partial charge on any atom is 0.230 e. The van der Waals surface area contributed by atoms with Gasteiger partial charge >= 0.3 is 0 Å². The van der Waals surface area contributed by atoms with Crippen LogP contribution in [0.1, 0.15) is 18.9 Å². The topological polar surface area (TPSA) is 43.1 Å². The van der Waals surface area contributed by atoms with Crippen molar-refractivity contribution in [2.75, 3.05) is 0 Å². The Morgan fingerprint density at radius 1 is 1.57 bits per heavy atom. The monoisotopic (exact) mass is 209 g/mol. The number of carbonyl (C=O) groups excluding carboxylic acids is 1. The molecule has 0 saturated heterocycles. The van der Waals surface area contributed by atoms with Crippen LogP contribution in [0.2, 0.25) is 0 Å². The predicted octanol–water partition coefficient (Wildman–Crippen LogP) is 2.35. The lowest BCUT2D eigenvalue weighted by molar-refractivity contribution is -0.117. The zero-order valence-electron chi connectivity index (χ0n) is 8.49. The molecular formula is C11H15NOS. The molecule has 1 unspecified atom stereocenters. The minimum absolute atomic E-state index is 0.114. The summed E-state index contributed by atoms with van der Waals surface area (Å²) in [6.45, 7) is 4.01. The van der Waals surface area contributed by atoms with Crippen molar-refractivity contribution < 1.29 is 4.79 Å². The van der Waals surface area contributed by atoms with E-state index in [0.29, 0.717) is 0 Å². The van der Waals surface area contributed by atoms with Gasteiger partial charge in [-0.25, -0.2) is 0 Å². The fraction of sp³-hybridized carbons (Fsp3) is 0.364. The first-order chi connectivity index (χ1) is 6.63. The van der Waals surface area contributed by atoms with Crippen molar-refractivity contribution >= 4 is 17.7 Å². The van der Waals surface area contributed by atoms with E-state index in [-0.39, 0.29) is 11.2 Å². The van der Waals surface area contributed by atoms with Crippen LogP contribution in [0.5, 0.6) is 0 Å². The third-order valence-electron chi connectivity index (χ3n) is 1.96. The van der Waals surface area contributed by atoms with E-state index in [4.69, 9.17) is 5.73 Å². The number of rotatable bonds is 4. The molecule has 0 aliphatic carbocycles. The Hall–Kier alpha value is -0.960. The Morgan fingerprint density at radius 2 is 2.29 bits per heavy atom. The van der Waals surface area contributed by atoms with Crippen LogP contribution in [0.4, 0.5) is 0 Å². The summed E-state index contributed by atoms with van der Waals surface area (Å²) >= 11 is 1.54. The number of amides is 1. The van der Waals surface area contributed by atoms with Crippen molar-refractivity contribution in [3.8, 4) is 0 Å². The minimum Gasteiger partial charge on any atom is -0.369 e. The molecule has 0 spiro atoms. The average Bonchev–Trinajstić information content (AvgIpc) is 2.14. The Labute approximate surface area is 88.9 Å². The summed E-state index contributed by atoms with van der Waals surface area (Å²) in [5.41, 5.74) is 6.48. The Balaban J connectivity index is 2.72. The smallest absolute Gasteiger partial charge is 0.230 e. The maximum atomic E-state index is 11.0. The Morgan fingerprint density at radius 3 is 2.79 bits per heavy atom. The molecule has 76 valence electrons. The van der Waals surface area contributed by atoms with Crippen molar-refractivity contribution in [3.63, 3.8) is 0 Å². The first-order valence-corrected chi connectivity index (χ1v) is 5.54. The molecule has 2 N–H and O–H groups in total. The molecule has 1 rings (SSSR count). The molecule has 1 atom stereocenters. The number of benzene rings is 1. The van der Waals surface area contributed by atoms with Crippen LogP contribution >= 0.6 is 11.8 Å². The van der Waals surface area contributed by atoms with E-state index in [1.807, 2.05) is 32.0 Å². The number of aryl methyl sites for hydroxylation is 1. The summed E-state index contributed by atoms with van der Waals surface area (Å²) in [6.07, 6.45) is 0.772. The highest BCUT2D eigenvalue weighted by molar-refractivity contribution is 8.00. The lowest BCUT2D eigenvalue weighted by Crippen LogP contribution is -2.24. The number of carbonyl (C=O) groups is 1. The molecule has 1 aromatic carbocycles. The molecule has 0 radical (unpaired) electrons. The van der Waals surface area contributed by atoms with E-state index in [1.165, 1.54) is 17.3 Å². The average molecular weight is 209 g/mol. The molecule has 2 nitrogen and oxygen atoms in total. The van der Waals surface area contributed by atoms with Crippen molar-refractivity contribution in [3.05, 3.63) is 29.8 Å². The molecule has 14 heavy (non-hydrogen) atoms. The van der Waals surface area contributed by atoms with Crippen molar-refractivity contribution in [1.29, 1.82) is 0 Å². The van der Waals surface area contributed by atoms with Gasteiger partial charge in [-0.2, -0.15) is 0 Å². The highest BCUT2D eigenvalue weighted by atomic mass is 32.2. The quantitative estimate of drug-likeness (QED) is 0.773. The summed E-state index contributed by atoms with van der Waals surface area (Å²) in [5, 5.41) is -0.114. The molecule has 0 fully saturated rings. The number of primary amides is 1. The van der Waals surface area contributed by atoms with Crippen molar-refractivity contribution in [1.82, 2.24) is 0 Å². The highest BCUT2D eigenvalue weighted by Gasteiger charge is 2.13. The van der Waals surface area contributed by atoms with Gasteiger partial charge < -0.3 is 5.73 Å². The summed E-state index contributed by atoms with van der Waals surface area (Å²) < 4.78 is 0. The third kappa shape index (κ3) is 3.07. The molecule has 0 aliphatic rings. The standard InChI is InChI=1S/C11H15NOS/c1-3-10(11(12)13)14-9-6-4-5-8(2)7-9/h4-7,10H,3H2,1-2H3,(H2,12,13). The fourth-order valence-electron chi connectivity index (χ4n) is 1.20. The van der Waals surface area contributed by atoms with Crippen molar-refractivity contribution in [2.24, 2.45) is 5.73 Å². The molecule has 0 heterocycles. The molecule has 0 bridgehead atoms. The van der Waals surface area contributed by atoms with Crippen LogP contribution in [-0.4, -0.2) is 11.2 Å². The molecule has 0 aliphatic heterocycles. The molecule has 3 heteroatoms. The van der Waals surface area contributed by atoms with Gasteiger partial charge in [0.25, 0.3) is 0 Å². The fourth-order valence-corrected chi connectivity index (χ4v) is 2.22. The zero-order chi connectivity index (χ0) is 10.6. The second kappa shape index (κ2) is 5.05. The van der Waals surface area contributed by atoms with E-state index in [9.17, 15) is 4.79 Å². The van der Waals surface area contributed by atoms with Gasteiger partial charge in [-0.05, 0) is 25.5 Å². The first-order valence-electron chi connectivity index (χ1n) is 4.66. The SMILES string of the molecule is CCC(Sc1cccc(C)c1)C(N)=O. The van der Waals surface area contributed by atoms with Crippen LogP contribution in [-0.2, 0) is 4.79 Å². The number of thioether (sulfide) groups is 1. The van der Waals surface area contributed by atoms with Crippen LogP contribution in [0.25, 0.3) is 0 Å². The maximum absolute atomic E-state index is 11.0. The van der Waals surface area contributed by atoms with Crippen LogP contribution in [0.3, 0.4) is 0 Å². The third-order valence-corrected chi connectivity index (χ3v) is 3.33. The van der Waals surface area contributed by atoms with E-state index in [2.05, 4.69) is 6.07 Å². The lowest BCUT2D eigenvalue weighted by Gasteiger charge is -2.10. The van der Waals surface area contributed by atoms with E-state index in [0.717, 1.165) is 11.3 Å². The Kier molecular flexibility index (Phi) is 4.01. The zero-order valence-corrected chi connectivity index (χ0v) is 9.30. The lowest BCUT2D eigenvalue weighted by atomic mass is 10.2. The Bertz CT molecular complexity index is 325. The highest BCUT2D eigenvalue weighted by Crippen LogP contribution is 2.25. The summed E-state index contributed by atoms with van der Waals surface area (Å²) in [7, 11) is 0. The normalized spacial score (nSPS) is 12.4. The number of nitrogens with two attached hydrogens (primary N) is 1. The van der Waals surface area contributed by atoms with Crippen LogP contribution in [0.15, 0.2) is 29.2 Å². The van der Waals surface area contributed by atoms with Gasteiger partial charge in [-0.15, -0.1) is 11.8 Å². The first kappa shape index (κ1) is 11.1. The van der Waals surface area contributed by atoms with E-state index >= 15 is 0 Å². The summed E-state index contributed by atoms with van der Waals surface area (Å²) in [6, 6.07) is 8.10. The molecule has 1 amide bonds. The molecule has 1 aromatic rings. The van der Waals surface area contributed by atoms with Gasteiger partial charge in [0.15, 0.2) is 0 Å². The van der Waals surface area contributed by atoms with Crippen LogP contribution in [0, 0.1) is 6.92 Å². The van der Waals surface area contributed by atoms with E-state index in [1.54, 1.807) is 0 Å². The van der Waals surface area contributed by atoms with Crippen LogP contribution < -0.4 is 5.73 Å². The minimum atomic E-state index is -0.237. The van der Waals surface area contributed by atoms with Gasteiger partial charge in [-0.3, -0.25) is 4.79 Å². The van der Waals surface area contributed by atoms with Gasteiger partial charge in [0, 0.05) is 4.90 Å². The predicted molar refractivity (Wildman–Crippen MR) is 60.3 cm³/mol. The summed E-state index contributed by atoms with van der Waals surface area (Å²) in [5.74, 6) is -0.237. The van der Waals surface area contributed by atoms with Crippen molar-refractivity contribution in [2.45, 2.75) is 30.4 Å². The molecule has 0 aromatic heterocycles. The second-order valence-corrected chi connectivity index (χ2v) is 4.51. The van der Waals surface area contributed by atoms with E-state index < -0.39 is 0 Å². The molecular weight excluding hydrogens is 194 g/mol. The number of hydrogen-bond donors (Lipinski definition) is 1. The van der Waals surface area contributed by atoms with Gasteiger partial charge in [-0.1, -0.05) is 24.6 Å². The van der Waals surface area contributed by atoms with Gasteiger partial charge in [0.2, 0.25) is 5.91 Å². The van der Waals surface area contributed by atoms with Gasteiger partial charge in [0.1, 0.15) is 0 Å². The molecule has 0 saturated carbocycles. The van der Waals surface area contributed by atoms with Gasteiger partial charge in [0.05, 0.1) is 5.25 Å².